The Kier molecular flexibility index (Phi) is 6.31. The van der Waals surface area contributed by atoms with Gasteiger partial charge < -0.3 is 19.7 Å². The Labute approximate surface area is 172 Å². The van der Waals surface area contributed by atoms with Crippen LogP contribution in [0.25, 0.3) is 0 Å². The van der Waals surface area contributed by atoms with Crippen LogP contribution in [-0.2, 0) is 4.74 Å². The Morgan fingerprint density at radius 3 is 2.76 bits per heavy atom. The lowest BCUT2D eigenvalue weighted by Crippen LogP contribution is -2.36. The summed E-state index contributed by atoms with van der Waals surface area (Å²) in [6.45, 7) is 5.50. The van der Waals surface area contributed by atoms with Crippen molar-refractivity contribution in [2.75, 3.05) is 38.3 Å². The number of hydrogen-bond donors (Lipinski definition) is 1. The summed E-state index contributed by atoms with van der Waals surface area (Å²) in [4.78, 5) is 6.99. The number of rotatable bonds is 6. The number of benzene rings is 1. The Morgan fingerprint density at radius 1 is 1.21 bits per heavy atom. The van der Waals surface area contributed by atoms with Gasteiger partial charge in [-0.15, -0.1) is 0 Å². The van der Waals surface area contributed by atoms with Crippen LogP contribution in [0.2, 0.25) is 0 Å². The van der Waals surface area contributed by atoms with E-state index in [-0.39, 0.29) is 11.9 Å². The topological polar surface area (TPSA) is 46.6 Å². The van der Waals surface area contributed by atoms with E-state index in [0.29, 0.717) is 17.7 Å². The molecule has 1 saturated carbocycles. The summed E-state index contributed by atoms with van der Waals surface area (Å²) in [5.74, 6) is 1.56. The first-order valence-electron chi connectivity index (χ1n) is 10.5. The average Bonchev–Trinajstić information content (AvgIpc) is 3.23. The van der Waals surface area contributed by atoms with Crippen molar-refractivity contribution in [3.8, 4) is 5.75 Å². The van der Waals surface area contributed by atoms with Gasteiger partial charge >= 0.3 is 0 Å². The predicted octanol–water partition coefficient (Wildman–Crippen LogP) is 4.05. The van der Waals surface area contributed by atoms with Crippen molar-refractivity contribution in [1.82, 2.24) is 10.3 Å². The molecule has 4 rings (SSSR count). The van der Waals surface area contributed by atoms with Gasteiger partial charge in [0.15, 0.2) is 11.6 Å². The minimum absolute atomic E-state index is 0.148. The number of aromatic nitrogens is 1. The molecule has 5 nitrogen and oxygen atoms in total. The number of morpholine rings is 1. The molecule has 1 saturated heterocycles. The molecule has 0 radical (unpaired) electrons. The maximum Gasteiger partial charge on any atom is 0.165 e. The molecule has 1 N–H and O–H groups in total. The number of ether oxygens (including phenoxy) is 2. The van der Waals surface area contributed by atoms with Crippen LogP contribution in [0, 0.1) is 5.82 Å². The van der Waals surface area contributed by atoms with Crippen LogP contribution in [0.5, 0.6) is 5.75 Å². The van der Waals surface area contributed by atoms with Crippen LogP contribution in [0.15, 0.2) is 36.5 Å². The van der Waals surface area contributed by atoms with Gasteiger partial charge in [-0.2, -0.15) is 0 Å². The first-order valence-corrected chi connectivity index (χ1v) is 10.5. The van der Waals surface area contributed by atoms with Gasteiger partial charge in [-0.1, -0.05) is 12.1 Å². The fraction of sp³-hybridized carbons (Fsp3) is 0.522. The van der Waals surface area contributed by atoms with Crippen molar-refractivity contribution >= 4 is 5.82 Å². The average molecular weight is 400 g/mol. The lowest BCUT2D eigenvalue weighted by molar-refractivity contribution is 0.122. The Bertz CT molecular complexity index is 808. The van der Waals surface area contributed by atoms with E-state index in [1.54, 1.807) is 6.07 Å². The fourth-order valence-corrected chi connectivity index (χ4v) is 4.45. The zero-order chi connectivity index (χ0) is 20.2. The minimum atomic E-state index is -0.322. The molecule has 2 fully saturated rings. The van der Waals surface area contributed by atoms with E-state index in [4.69, 9.17) is 14.5 Å². The highest BCUT2D eigenvalue weighted by atomic mass is 19.1. The molecular formula is C23H30FN3O2. The van der Waals surface area contributed by atoms with E-state index >= 15 is 0 Å². The lowest BCUT2D eigenvalue weighted by atomic mass is 9.99. The SMILES string of the molecule is COc1cc([C@@H](C)NC2CCC(c3ccc(N4CCOCC4)nc3)C2)ccc1F. The summed E-state index contributed by atoms with van der Waals surface area (Å²) in [6, 6.07) is 10.1. The lowest BCUT2D eigenvalue weighted by Gasteiger charge is -2.28. The van der Waals surface area contributed by atoms with Gasteiger partial charge in [-0.05, 0) is 61.4 Å². The summed E-state index contributed by atoms with van der Waals surface area (Å²) in [5.41, 5.74) is 2.37. The van der Waals surface area contributed by atoms with Crippen molar-refractivity contribution < 1.29 is 13.9 Å². The maximum atomic E-state index is 13.7. The van der Waals surface area contributed by atoms with Crippen LogP contribution in [-0.4, -0.2) is 44.4 Å². The third-order valence-electron chi connectivity index (χ3n) is 6.17. The first-order chi connectivity index (χ1) is 14.1. The maximum absolute atomic E-state index is 13.7. The monoisotopic (exact) mass is 399 g/mol. The van der Waals surface area contributed by atoms with Gasteiger partial charge in [-0.25, -0.2) is 9.37 Å². The summed E-state index contributed by atoms with van der Waals surface area (Å²) < 4.78 is 24.2. The van der Waals surface area contributed by atoms with Gasteiger partial charge in [0.2, 0.25) is 0 Å². The van der Waals surface area contributed by atoms with E-state index < -0.39 is 0 Å². The Morgan fingerprint density at radius 2 is 2.03 bits per heavy atom. The van der Waals surface area contributed by atoms with Crippen LogP contribution in [0.1, 0.15) is 49.3 Å². The molecule has 1 aliphatic carbocycles. The highest BCUT2D eigenvalue weighted by molar-refractivity contribution is 5.40. The number of halogens is 1. The molecule has 2 aromatic rings. The molecule has 6 heteroatoms. The molecular weight excluding hydrogens is 369 g/mol. The van der Waals surface area contributed by atoms with Crippen molar-refractivity contribution in [2.45, 2.75) is 44.2 Å². The molecule has 29 heavy (non-hydrogen) atoms. The summed E-state index contributed by atoms with van der Waals surface area (Å²) in [5, 5.41) is 3.71. The second kappa shape index (κ2) is 9.09. The van der Waals surface area contributed by atoms with Gasteiger partial charge in [0.25, 0.3) is 0 Å². The van der Waals surface area contributed by atoms with Crippen molar-refractivity contribution in [2.24, 2.45) is 0 Å². The minimum Gasteiger partial charge on any atom is -0.494 e. The molecule has 0 bridgehead atoms. The second-order valence-corrected chi connectivity index (χ2v) is 8.04. The molecule has 3 atom stereocenters. The van der Waals surface area contributed by atoms with Crippen LogP contribution < -0.4 is 15.0 Å². The highest BCUT2D eigenvalue weighted by Crippen LogP contribution is 2.36. The third kappa shape index (κ3) is 4.70. The summed E-state index contributed by atoms with van der Waals surface area (Å²) in [7, 11) is 1.50. The molecule has 156 valence electrons. The van der Waals surface area contributed by atoms with Gasteiger partial charge in [0.05, 0.1) is 20.3 Å². The number of anilines is 1. The van der Waals surface area contributed by atoms with Gasteiger partial charge in [0.1, 0.15) is 5.82 Å². The van der Waals surface area contributed by atoms with E-state index in [1.165, 1.54) is 18.7 Å². The highest BCUT2D eigenvalue weighted by Gasteiger charge is 2.27. The van der Waals surface area contributed by atoms with Crippen LogP contribution in [0.3, 0.4) is 0 Å². The molecule has 2 heterocycles. The second-order valence-electron chi connectivity index (χ2n) is 8.04. The van der Waals surface area contributed by atoms with Crippen molar-refractivity contribution in [3.05, 3.63) is 53.5 Å². The summed E-state index contributed by atoms with van der Waals surface area (Å²) in [6.07, 6.45) is 5.45. The number of nitrogens with zero attached hydrogens (tertiary/aromatic N) is 2. The van der Waals surface area contributed by atoms with Gasteiger partial charge in [-0.3, -0.25) is 0 Å². The van der Waals surface area contributed by atoms with E-state index in [2.05, 4.69) is 29.3 Å². The zero-order valence-corrected chi connectivity index (χ0v) is 17.2. The first kappa shape index (κ1) is 20.1. The molecule has 0 amide bonds. The molecule has 2 unspecified atom stereocenters. The number of hydrogen-bond acceptors (Lipinski definition) is 5. The predicted molar refractivity (Wildman–Crippen MR) is 112 cm³/mol. The number of nitrogens with one attached hydrogen (secondary N) is 1. The molecule has 1 aliphatic heterocycles. The number of methoxy groups -OCH3 is 1. The van der Waals surface area contributed by atoms with E-state index in [0.717, 1.165) is 56.9 Å². The third-order valence-corrected chi connectivity index (χ3v) is 6.17. The van der Waals surface area contributed by atoms with E-state index in [9.17, 15) is 4.39 Å². The van der Waals surface area contributed by atoms with Gasteiger partial charge in [0, 0.05) is 31.4 Å². The van der Waals surface area contributed by atoms with E-state index in [1.807, 2.05) is 12.3 Å². The fourth-order valence-electron chi connectivity index (χ4n) is 4.45. The standard InChI is InChI=1S/C23H30FN3O2/c1-16(17-4-7-21(24)22(14-17)28-2)26-20-6-3-18(13-20)19-5-8-23(25-15-19)27-9-11-29-12-10-27/h4-5,7-8,14-16,18,20,26H,3,6,9-13H2,1-2H3/t16-,18?,20?/m1/s1. The summed E-state index contributed by atoms with van der Waals surface area (Å²) >= 11 is 0. The van der Waals surface area contributed by atoms with Crippen LogP contribution >= 0.6 is 0 Å². The molecule has 0 spiro atoms. The molecule has 1 aromatic heterocycles. The largest absolute Gasteiger partial charge is 0.494 e. The van der Waals surface area contributed by atoms with Crippen molar-refractivity contribution in [1.29, 1.82) is 0 Å². The smallest absolute Gasteiger partial charge is 0.165 e. The normalized spacial score (nSPS) is 23.2. The zero-order valence-electron chi connectivity index (χ0n) is 17.2. The van der Waals surface area contributed by atoms with Crippen LogP contribution in [0.4, 0.5) is 10.2 Å². The van der Waals surface area contributed by atoms with Crippen molar-refractivity contribution in [3.63, 3.8) is 0 Å². The molecule has 1 aromatic carbocycles. The Balaban J connectivity index is 1.34. The Hall–Kier alpha value is -2.18. The number of pyridine rings is 1. The molecule has 2 aliphatic rings. The quantitative estimate of drug-likeness (QED) is 0.794.